The first-order chi connectivity index (χ1) is 16.2. The van der Waals surface area contributed by atoms with Gasteiger partial charge in [0.2, 0.25) is 17.0 Å². The molecule has 2 aromatic heterocycles. The first-order valence-corrected chi connectivity index (χ1v) is 13.4. The Kier molecular flexibility index (Phi) is 4.81. The van der Waals surface area contributed by atoms with Crippen LogP contribution >= 0.6 is 0 Å². The number of carbonyl (C=O) groups is 1. The number of sulfonamides is 1. The summed E-state index contributed by atoms with van der Waals surface area (Å²) in [6.07, 6.45) is 9.77. The lowest BCUT2D eigenvalue weighted by atomic mass is 9.98. The Bertz CT molecular complexity index is 1220. The lowest BCUT2D eigenvalue weighted by molar-refractivity contribution is -0.121. The molecule has 182 valence electrons. The van der Waals surface area contributed by atoms with E-state index in [1.807, 2.05) is 0 Å². The molecule has 0 aromatic carbocycles. The minimum absolute atomic E-state index is 0.0103. The molecular formula is C22H29N7O4S. The van der Waals surface area contributed by atoms with Crippen LogP contribution in [0, 0.1) is 0 Å². The van der Waals surface area contributed by atoms with Gasteiger partial charge in [-0.25, -0.2) is 18.4 Å². The number of amides is 1. The number of hydrogen-bond acceptors (Lipinski definition) is 8. The molecule has 4 heterocycles. The number of piperidine rings is 1. The summed E-state index contributed by atoms with van der Waals surface area (Å²) in [5.74, 6) is 1.09. The van der Waals surface area contributed by atoms with Crippen molar-refractivity contribution in [1.29, 1.82) is 0 Å². The lowest BCUT2D eigenvalue weighted by Gasteiger charge is -2.34. The number of imidazole rings is 1. The number of hydrogen-bond donors (Lipinski definition) is 3. The normalized spacial score (nSPS) is 29.1. The highest BCUT2D eigenvalue weighted by molar-refractivity contribution is 7.88. The minimum atomic E-state index is -3.62. The van der Waals surface area contributed by atoms with Crippen LogP contribution in [-0.2, 0) is 20.2 Å². The van der Waals surface area contributed by atoms with Gasteiger partial charge in [-0.1, -0.05) is 0 Å². The van der Waals surface area contributed by atoms with Crippen molar-refractivity contribution in [1.82, 2.24) is 24.2 Å². The summed E-state index contributed by atoms with van der Waals surface area (Å²) in [5, 5.41) is 14.2. The van der Waals surface area contributed by atoms with Crippen LogP contribution in [0.3, 0.4) is 0 Å². The van der Waals surface area contributed by atoms with Gasteiger partial charge in [-0.15, -0.1) is 0 Å². The Labute approximate surface area is 198 Å². The molecule has 0 bridgehead atoms. The van der Waals surface area contributed by atoms with Crippen LogP contribution in [-0.4, -0.2) is 74.4 Å². The van der Waals surface area contributed by atoms with Gasteiger partial charge in [0.15, 0.2) is 0 Å². The zero-order valence-electron chi connectivity index (χ0n) is 19.1. The van der Waals surface area contributed by atoms with Gasteiger partial charge >= 0.3 is 0 Å². The van der Waals surface area contributed by atoms with Gasteiger partial charge in [0.25, 0.3) is 10.0 Å². The third kappa shape index (κ3) is 3.26. The molecule has 3 fully saturated rings. The maximum absolute atomic E-state index is 13.4. The fourth-order valence-corrected chi connectivity index (χ4v) is 7.13. The van der Waals surface area contributed by atoms with Crippen molar-refractivity contribution in [2.45, 2.75) is 80.1 Å². The quantitative estimate of drug-likeness (QED) is 0.570. The highest BCUT2D eigenvalue weighted by atomic mass is 32.2. The predicted molar refractivity (Wildman–Crippen MR) is 123 cm³/mol. The average Bonchev–Trinajstić information content (AvgIpc) is 3.15. The molecule has 12 heteroatoms. The van der Waals surface area contributed by atoms with E-state index in [0.717, 1.165) is 31.2 Å². The molecule has 0 radical (unpaired) electrons. The van der Waals surface area contributed by atoms with E-state index < -0.39 is 21.0 Å². The van der Waals surface area contributed by atoms with E-state index >= 15 is 0 Å². The van der Waals surface area contributed by atoms with Gasteiger partial charge in [-0.2, -0.15) is 9.29 Å². The van der Waals surface area contributed by atoms with Crippen LogP contribution in [0.2, 0.25) is 0 Å². The number of nitrogens with zero attached hydrogens (tertiary/aromatic N) is 5. The van der Waals surface area contributed by atoms with Crippen LogP contribution in [0.4, 0.5) is 11.8 Å². The van der Waals surface area contributed by atoms with Crippen molar-refractivity contribution in [3.05, 3.63) is 24.2 Å². The van der Waals surface area contributed by atoms with Gasteiger partial charge in [-0.3, -0.25) is 9.69 Å². The summed E-state index contributed by atoms with van der Waals surface area (Å²) >= 11 is 0. The molecule has 2 unspecified atom stereocenters. The molecule has 2 aliphatic heterocycles. The maximum atomic E-state index is 13.4. The van der Waals surface area contributed by atoms with Crippen LogP contribution < -0.4 is 10.2 Å². The molecule has 1 amide bonds. The first-order valence-electron chi connectivity index (χ1n) is 11.9. The summed E-state index contributed by atoms with van der Waals surface area (Å²) in [6.45, 7) is 2.54. The van der Waals surface area contributed by atoms with Crippen LogP contribution in [0.25, 0.3) is 0 Å². The third-order valence-electron chi connectivity index (χ3n) is 7.93. The van der Waals surface area contributed by atoms with Crippen LogP contribution in [0.5, 0.6) is 0 Å². The predicted octanol–water partition coefficient (Wildman–Crippen LogP) is 1.15. The van der Waals surface area contributed by atoms with Gasteiger partial charge in [-0.05, 0) is 51.9 Å². The number of aromatic amines is 1. The van der Waals surface area contributed by atoms with E-state index in [-0.39, 0.29) is 23.1 Å². The second-order valence-electron chi connectivity index (χ2n) is 10.2. The van der Waals surface area contributed by atoms with Crippen molar-refractivity contribution in [3.8, 4) is 0 Å². The topological polar surface area (TPSA) is 144 Å². The number of aliphatic hydroxyl groups is 1. The summed E-state index contributed by atoms with van der Waals surface area (Å²) in [4.78, 5) is 31.0. The number of rotatable bonds is 5. The molecule has 2 aliphatic carbocycles. The van der Waals surface area contributed by atoms with Gasteiger partial charge < -0.3 is 15.4 Å². The average molecular weight is 488 g/mol. The van der Waals surface area contributed by atoms with Gasteiger partial charge in [0.05, 0.1) is 17.1 Å². The molecule has 1 saturated heterocycles. The van der Waals surface area contributed by atoms with E-state index in [4.69, 9.17) is 4.98 Å². The Balaban J connectivity index is 1.20. The Morgan fingerprint density at radius 3 is 2.56 bits per heavy atom. The second kappa shape index (κ2) is 7.46. The van der Waals surface area contributed by atoms with Gasteiger partial charge in [0.1, 0.15) is 5.82 Å². The SMILES string of the molecule is CC1(O)CCCC1N1C(=O)C2(CC2)c2cnc(NC3CCN(S(=O)(=O)c4ncc[nH]4)CC3)nc21. The van der Waals surface area contributed by atoms with Crippen LogP contribution in [0.1, 0.15) is 57.4 Å². The van der Waals surface area contributed by atoms with E-state index in [0.29, 0.717) is 44.1 Å². The Morgan fingerprint density at radius 1 is 1.18 bits per heavy atom. The number of nitrogens with one attached hydrogen (secondary N) is 2. The molecule has 1 spiro atoms. The second-order valence-corrected chi connectivity index (χ2v) is 12.0. The van der Waals surface area contributed by atoms with Crippen molar-refractivity contribution in [2.24, 2.45) is 0 Å². The van der Waals surface area contributed by atoms with Crippen LogP contribution in [0.15, 0.2) is 23.7 Å². The van der Waals surface area contributed by atoms with Crippen molar-refractivity contribution in [2.75, 3.05) is 23.3 Å². The van der Waals surface area contributed by atoms with Crippen molar-refractivity contribution >= 4 is 27.7 Å². The molecule has 4 aliphatic rings. The van der Waals surface area contributed by atoms with E-state index in [1.165, 1.54) is 16.7 Å². The molecule has 3 N–H and O–H groups in total. The fraction of sp³-hybridized carbons (Fsp3) is 0.636. The Morgan fingerprint density at radius 2 is 1.94 bits per heavy atom. The molecule has 2 saturated carbocycles. The maximum Gasteiger partial charge on any atom is 0.276 e. The molecule has 2 atom stereocenters. The molecule has 2 aromatic rings. The number of anilines is 2. The zero-order valence-corrected chi connectivity index (χ0v) is 19.9. The Hall–Kier alpha value is -2.57. The number of H-pyrrole nitrogens is 1. The first kappa shape index (κ1) is 21.9. The summed E-state index contributed by atoms with van der Waals surface area (Å²) in [6, 6.07) is -0.271. The highest BCUT2D eigenvalue weighted by Crippen LogP contribution is 2.58. The summed E-state index contributed by atoms with van der Waals surface area (Å²) in [7, 11) is -3.62. The minimum Gasteiger partial charge on any atom is -0.388 e. The van der Waals surface area contributed by atoms with Crippen molar-refractivity contribution in [3.63, 3.8) is 0 Å². The molecule has 6 rings (SSSR count). The van der Waals surface area contributed by atoms with E-state index in [1.54, 1.807) is 18.0 Å². The van der Waals surface area contributed by atoms with Gasteiger partial charge in [0, 0.05) is 43.3 Å². The molecular weight excluding hydrogens is 458 g/mol. The lowest BCUT2D eigenvalue weighted by Crippen LogP contribution is -2.50. The van der Waals surface area contributed by atoms with Crippen molar-refractivity contribution < 1.29 is 18.3 Å². The van der Waals surface area contributed by atoms with E-state index in [2.05, 4.69) is 20.3 Å². The van der Waals surface area contributed by atoms with E-state index in [9.17, 15) is 18.3 Å². The molecule has 34 heavy (non-hydrogen) atoms. The third-order valence-corrected chi connectivity index (χ3v) is 9.68. The smallest absolute Gasteiger partial charge is 0.276 e. The summed E-state index contributed by atoms with van der Waals surface area (Å²) in [5.41, 5.74) is -0.582. The standard InChI is InChI=1S/C22H29N7O4S/c1-21(31)6-2-3-16(21)29-17-15(22(7-8-22)18(29)30)13-25-19(27-17)26-14-4-11-28(12-5-14)34(32,33)20-23-9-10-24-20/h9-10,13-14,16,31H,2-8,11-12H2,1H3,(H,23,24)(H,25,26,27). The largest absolute Gasteiger partial charge is 0.388 e. The monoisotopic (exact) mass is 487 g/mol. The number of aromatic nitrogens is 4. The zero-order chi connectivity index (χ0) is 23.7. The highest BCUT2D eigenvalue weighted by Gasteiger charge is 2.63. The summed E-state index contributed by atoms with van der Waals surface area (Å²) < 4.78 is 26.8. The molecule has 11 nitrogen and oxygen atoms in total. The fourth-order valence-electron chi connectivity index (χ4n) is 5.78. The number of fused-ring (bicyclic) bond motifs is 2. The number of carbonyl (C=O) groups excluding carboxylic acids is 1.